The van der Waals surface area contributed by atoms with Crippen LogP contribution < -0.4 is 9.47 Å². The van der Waals surface area contributed by atoms with E-state index in [2.05, 4.69) is 4.57 Å². The van der Waals surface area contributed by atoms with Gasteiger partial charge in [0.15, 0.2) is 0 Å². The van der Waals surface area contributed by atoms with Crippen LogP contribution in [0.1, 0.15) is 16.7 Å². The lowest BCUT2D eigenvalue weighted by atomic mass is 9.84. The molecular weight excluding hydrogens is 726 g/mol. The van der Waals surface area contributed by atoms with Crippen molar-refractivity contribution in [2.45, 2.75) is 0 Å². The average Bonchev–Trinajstić information content (AvgIpc) is 3.28. The number of rotatable bonds is 6. The third-order valence-electron chi connectivity index (χ3n) is 7.23. The average molecular weight is 744 g/mol. The second-order valence-electron chi connectivity index (χ2n) is 9.75. The van der Waals surface area contributed by atoms with Gasteiger partial charge in [-0.2, -0.15) is 0 Å². The Morgan fingerprint density at radius 3 is 1.16 bits per heavy atom. The minimum absolute atomic E-state index is 0.251. The first kappa shape index (κ1) is 31.8. The van der Waals surface area contributed by atoms with Crippen LogP contribution in [0.5, 0.6) is 11.5 Å². The van der Waals surface area contributed by atoms with Gasteiger partial charge in [0.1, 0.15) is 11.5 Å². The number of hydrogen-bond donors (Lipinski definition) is 0. The molecule has 1 aromatic heterocycles. The highest BCUT2D eigenvalue weighted by molar-refractivity contribution is 6.43. The normalized spacial score (nSPS) is 11.6. The molecule has 0 saturated heterocycles. The van der Waals surface area contributed by atoms with Crippen LogP contribution in [0, 0.1) is 5.92 Å². The molecule has 223 valence electrons. The van der Waals surface area contributed by atoms with E-state index in [9.17, 15) is 0 Å². The number of halogens is 8. The zero-order valence-corrected chi connectivity index (χ0v) is 28.8. The van der Waals surface area contributed by atoms with Crippen LogP contribution in [0.2, 0.25) is 40.2 Å². The summed E-state index contributed by atoms with van der Waals surface area (Å²) >= 11 is 53.8. The molecule has 0 aliphatic heterocycles. The SMILES string of the molecule is COc1ccc2c(c1)c1cc(OC)ccc1n2-c1cc(Cl)c([C](c2c(Cl)cc(Cl)cc2Cl)c2c(Cl)cc(Cl)cc2Cl)c(Cl)c1. The Bertz CT molecular complexity index is 1920. The summed E-state index contributed by atoms with van der Waals surface area (Å²) < 4.78 is 13.1. The first-order chi connectivity index (χ1) is 21.0. The van der Waals surface area contributed by atoms with Crippen LogP contribution in [-0.2, 0) is 0 Å². The minimum atomic E-state index is 0.251. The van der Waals surface area contributed by atoms with Gasteiger partial charge in [-0.3, -0.25) is 0 Å². The second kappa shape index (κ2) is 12.5. The van der Waals surface area contributed by atoms with Crippen molar-refractivity contribution in [1.82, 2.24) is 4.57 Å². The van der Waals surface area contributed by atoms with Crippen molar-refractivity contribution in [2.24, 2.45) is 0 Å². The topological polar surface area (TPSA) is 23.4 Å². The highest BCUT2D eigenvalue weighted by atomic mass is 35.5. The largest absolute Gasteiger partial charge is 0.497 e. The molecule has 0 spiro atoms. The number of methoxy groups -OCH3 is 2. The van der Waals surface area contributed by atoms with Gasteiger partial charge in [-0.25, -0.2) is 0 Å². The molecule has 0 saturated carbocycles. The fourth-order valence-corrected chi connectivity index (χ4v) is 8.05. The van der Waals surface area contributed by atoms with Gasteiger partial charge in [0.25, 0.3) is 0 Å². The second-order valence-corrected chi connectivity index (χ2v) is 13.1. The van der Waals surface area contributed by atoms with Crippen molar-refractivity contribution >= 4 is 115 Å². The molecule has 6 aromatic rings. The number of benzene rings is 5. The summed E-state index contributed by atoms with van der Waals surface area (Å²) in [5, 5.41) is 4.21. The third-order valence-corrected chi connectivity index (χ3v) is 9.45. The Morgan fingerprint density at radius 1 is 0.477 bits per heavy atom. The predicted octanol–water partition coefficient (Wildman–Crippen LogP) is 13.0. The summed E-state index contributed by atoms with van der Waals surface area (Å²) in [5.41, 5.74) is 3.74. The molecule has 0 unspecified atom stereocenters. The summed E-state index contributed by atoms with van der Waals surface area (Å²) in [6.07, 6.45) is 0. The van der Waals surface area contributed by atoms with Crippen molar-refractivity contribution in [3.05, 3.63) is 136 Å². The Labute approximate surface area is 293 Å². The van der Waals surface area contributed by atoms with Crippen molar-refractivity contribution in [3.8, 4) is 17.2 Å². The van der Waals surface area contributed by atoms with Crippen LogP contribution in [-0.4, -0.2) is 18.8 Å². The van der Waals surface area contributed by atoms with Crippen LogP contribution in [0.25, 0.3) is 27.5 Å². The van der Waals surface area contributed by atoms with Crippen molar-refractivity contribution < 1.29 is 9.47 Å². The predicted molar refractivity (Wildman–Crippen MR) is 187 cm³/mol. The monoisotopic (exact) mass is 740 g/mol. The Morgan fingerprint density at radius 2 is 0.818 bits per heavy atom. The van der Waals surface area contributed by atoms with E-state index in [1.54, 1.807) is 38.5 Å². The smallest absolute Gasteiger partial charge is 0.119 e. The molecule has 1 radical (unpaired) electrons. The summed E-state index contributed by atoms with van der Waals surface area (Å²) in [6.45, 7) is 0. The molecule has 1 heterocycles. The maximum atomic E-state index is 7.13. The fraction of sp³-hybridized carbons (Fsp3) is 0.0606. The van der Waals surface area contributed by atoms with Crippen molar-refractivity contribution in [3.63, 3.8) is 0 Å². The van der Waals surface area contributed by atoms with Crippen LogP contribution in [0.4, 0.5) is 0 Å². The maximum absolute atomic E-state index is 7.13. The molecular formula is C33H18Cl8NO2. The molecule has 6 rings (SSSR count). The van der Waals surface area contributed by atoms with Gasteiger partial charge >= 0.3 is 0 Å². The molecule has 0 aliphatic carbocycles. The summed E-state index contributed by atoms with van der Waals surface area (Å²) in [4.78, 5) is 0. The van der Waals surface area contributed by atoms with E-state index in [1.807, 2.05) is 48.5 Å². The zero-order chi connectivity index (χ0) is 31.4. The van der Waals surface area contributed by atoms with Gasteiger partial charge in [-0.1, -0.05) is 92.8 Å². The van der Waals surface area contributed by atoms with Gasteiger partial charge in [0.2, 0.25) is 0 Å². The number of hydrogen-bond acceptors (Lipinski definition) is 2. The molecule has 0 amide bonds. The van der Waals surface area contributed by atoms with Gasteiger partial charge in [-0.15, -0.1) is 0 Å². The molecule has 0 fully saturated rings. The van der Waals surface area contributed by atoms with Gasteiger partial charge in [-0.05, 0) is 72.8 Å². The number of nitrogens with zero attached hydrogens (tertiary/aromatic N) is 1. The lowest BCUT2D eigenvalue weighted by Gasteiger charge is -2.25. The summed E-state index contributed by atoms with van der Waals surface area (Å²) in [7, 11) is 3.26. The first-order valence-corrected chi connectivity index (χ1v) is 15.9. The molecule has 0 atom stereocenters. The van der Waals surface area contributed by atoms with E-state index in [4.69, 9.17) is 102 Å². The third kappa shape index (κ3) is 5.57. The Hall–Kier alpha value is -2.18. The number of ether oxygens (including phenoxy) is 2. The number of fused-ring (bicyclic) bond motifs is 3. The van der Waals surface area contributed by atoms with E-state index >= 15 is 0 Å². The Balaban J connectivity index is 1.64. The fourth-order valence-electron chi connectivity index (χ4n) is 5.38. The van der Waals surface area contributed by atoms with E-state index < -0.39 is 0 Å². The van der Waals surface area contributed by atoms with E-state index in [1.165, 1.54) is 0 Å². The molecule has 3 nitrogen and oxygen atoms in total. The maximum Gasteiger partial charge on any atom is 0.119 e. The summed E-state index contributed by atoms with van der Waals surface area (Å²) in [5.74, 6) is 1.86. The van der Waals surface area contributed by atoms with E-state index in [0.29, 0.717) is 48.4 Å². The first-order valence-electron chi connectivity index (χ1n) is 12.8. The molecule has 0 aliphatic rings. The van der Waals surface area contributed by atoms with Crippen LogP contribution >= 0.6 is 92.8 Å². The van der Waals surface area contributed by atoms with Crippen molar-refractivity contribution in [2.75, 3.05) is 14.2 Å². The van der Waals surface area contributed by atoms with E-state index in [0.717, 1.165) is 33.3 Å². The van der Waals surface area contributed by atoms with E-state index in [-0.39, 0.29) is 20.1 Å². The van der Waals surface area contributed by atoms with Gasteiger partial charge in [0, 0.05) is 73.3 Å². The molecule has 44 heavy (non-hydrogen) atoms. The summed E-state index contributed by atoms with van der Waals surface area (Å²) in [6, 6.07) is 21.6. The van der Waals surface area contributed by atoms with Gasteiger partial charge in [0.05, 0.1) is 31.2 Å². The molecule has 0 bridgehead atoms. The molecule has 11 heteroatoms. The molecule has 0 N–H and O–H groups in total. The number of aromatic nitrogens is 1. The standard InChI is InChI=1S/C33H18Cl8NO2/c1-43-18-3-5-28-20(13-18)21-14-19(44-2)4-6-29(21)42(28)17-11-26(40)32(27(41)12-17)33(30-22(36)7-15(34)8-23(30)37)31-24(38)9-16(35)10-25(31)39/h3-14H,1-2H3. The molecule has 5 aromatic carbocycles. The van der Waals surface area contributed by atoms with Crippen LogP contribution in [0.3, 0.4) is 0 Å². The zero-order valence-electron chi connectivity index (χ0n) is 22.7. The van der Waals surface area contributed by atoms with Gasteiger partial charge < -0.3 is 14.0 Å². The Kier molecular flexibility index (Phi) is 9.07. The highest BCUT2D eigenvalue weighted by Crippen LogP contribution is 2.50. The quantitative estimate of drug-likeness (QED) is 0.159. The van der Waals surface area contributed by atoms with Crippen LogP contribution in [0.15, 0.2) is 72.8 Å². The van der Waals surface area contributed by atoms with Crippen molar-refractivity contribution in [1.29, 1.82) is 0 Å². The highest BCUT2D eigenvalue weighted by Gasteiger charge is 2.32. The minimum Gasteiger partial charge on any atom is -0.497 e. The lowest BCUT2D eigenvalue weighted by molar-refractivity contribution is 0.415. The lowest BCUT2D eigenvalue weighted by Crippen LogP contribution is -2.10.